The first-order chi connectivity index (χ1) is 31.4. The number of nitrogens with zero attached hydrogens (tertiary/aromatic N) is 10. The number of aliphatic hydroxyl groups excluding tert-OH is 1. The minimum absolute atomic E-state index is 0. The zero-order valence-corrected chi connectivity index (χ0v) is 39.9. The zero-order chi connectivity index (χ0) is 49.8. The predicted octanol–water partition coefficient (Wildman–Crippen LogP) is 5.41. The van der Waals surface area contributed by atoms with Gasteiger partial charge in [-0.25, -0.2) is 60.1 Å². The fraction of sp³-hybridized carbons (Fsp3) is 0.333. The Morgan fingerprint density at radius 1 is 0.809 bits per heavy atom. The van der Waals surface area contributed by atoms with Crippen LogP contribution in [-0.2, 0) is 61.6 Å². The molecule has 368 valence electrons. The molecule has 5 N–H and O–H groups in total. The number of nitrogens with one attached hydrogen (secondary N) is 3. The Morgan fingerprint density at radius 2 is 1.32 bits per heavy atom. The standard InChI is InChI=1S/C19H21ClFN7O5S.C12H15N5O5S.C7H8ClNO.CH4/c1-10(12-7-11(21)8-22-17(12)20)33-19(29)24-18-16(25-27-28(18)2)14-6-5-13(26-34(4,30)31)15(23-14)9-32-3;1-17-11(12(18)19)10(14-16-17)8-5-4-7(15-23(3,20)21)9(13-8)6-22-2;1-5(10)6-3-2-4-9-7(6)8;/h5-8,10,26H,9H2,1-4H3,(H,24,29);4-5,15H,6H2,1-3H3,(H,18,19);2-5,10H,1H3;1H4/t10-;;5-;/m1.1./s1. The molecule has 29 heteroatoms. The molecule has 1 amide bonds. The highest BCUT2D eigenvalue weighted by Gasteiger charge is 2.24. The van der Waals surface area contributed by atoms with Crippen molar-refractivity contribution in [3.05, 3.63) is 99.2 Å². The first kappa shape index (κ1) is 55.8. The van der Waals surface area contributed by atoms with Gasteiger partial charge in [-0.3, -0.25) is 14.8 Å². The number of rotatable bonds is 15. The monoisotopic (exact) mass is 1030 g/mol. The molecular weight excluding hydrogens is 981 g/mol. The van der Waals surface area contributed by atoms with E-state index in [9.17, 15) is 35.9 Å². The van der Waals surface area contributed by atoms with Crippen molar-refractivity contribution < 1.29 is 55.2 Å². The summed E-state index contributed by atoms with van der Waals surface area (Å²) in [6, 6.07) is 10.6. The molecule has 0 unspecified atom stereocenters. The third-order valence-electron chi connectivity index (χ3n) is 8.46. The number of sulfonamides is 2. The van der Waals surface area contributed by atoms with Crippen molar-refractivity contribution in [3.8, 4) is 22.8 Å². The molecule has 0 saturated heterocycles. The Morgan fingerprint density at radius 3 is 1.81 bits per heavy atom. The molecule has 0 fully saturated rings. The number of methoxy groups -OCH3 is 2. The summed E-state index contributed by atoms with van der Waals surface area (Å²) in [7, 11) is -1.16. The average molecular weight is 1030 g/mol. The van der Waals surface area contributed by atoms with Crippen LogP contribution in [0, 0.1) is 5.82 Å². The zero-order valence-electron chi connectivity index (χ0n) is 36.8. The molecule has 0 spiro atoms. The third kappa shape index (κ3) is 15.8. The SMILES string of the molecule is C.COCc1nc(-c2nnn(C)c2C(=O)O)ccc1NS(C)(=O)=O.COCc1nc(-c2nnn(C)c2NC(=O)O[C@H](C)c2cc(F)cnc2Cl)ccc1NS(C)(=O)=O.C[C@@H](O)c1cccnc1Cl. The van der Waals surface area contributed by atoms with Gasteiger partial charge in [-0.2, -0.15) is 0 Å². The van der Waals surface area contributed by atoms with Crippen molar-refractivity contribution in [3.63, 3.8) is 0 Å². The molecular formula is C39H48Cl2FN13O11S2. The number of ether oxygens (including phenoxy) is 3. The molecule has 0 aliphatic carbocycles. The van der Waals surface area contributed by atoms with E-state index in [1.165, 1.54) is 57.1 Å². The Bertz CT molecular complexity index is 2940. The molecule has 0 aliphatic rings. The summed E-state index contributed by atoms with van der Waals surface area (Å²) in [5.41, 5.74) is 2.66. The fourth-order valence-electron chi connectivity index (χ4n) is 5.57. The number of carbonyl (C=O) groups is 2. The van der Waals surface area contributed by atoms with Gasteiger partial charge in [0.05, 0.1) is 72.2 Å². The number of hydrogen-bond donors (Lipinski definition) is 5. The number of aromatic carboxylic acids is 1. The molecule has 2 atom stereocenters. The number of aliphatic hydroxyl groups is 1. The number of aromatic nitrogens is 10. The molecule has 68 heavy (non-hydrogen) atoms. The minimum Gasteiger partial charge on any atom is -0.476 e. The molecule has 6 rings (SSSR count). The van der Waals surface area contributed by atoms with Gasteiger partial charge in [-0.15, -0.1) is 10.2 Å². The van der Waals surface area contributed by atoms with Gasteiger partial charge in [0.25, 0.3) is 0 Å². The molecule has 24 nitrogen and oxygen atoms in total. The van der Waals surface area contributed by atoms with Crippen LogP contribution in [0.3, 0.4) is 0 Å². The van der Waals surface area contributed by atoms with E-state index in [0.29, 0.717) is 27.8 Å². The van der Waals surface area contributed by atoms with Crippen LogP contribution in [0.15, 0.2) is 54.9 Å². The van der Waals surface area contributed by atoms with Gasteiger partial charge in [-0.05, 0) is 50.2 Å². The molecule has 6 heterocycles. The smallest absolute Gasteiger partial charge is 0.413 e. The van der Waals surface area contributed by atoms with Crippen LogP contribution in [0.5, 0.6) is 0 Å². The number of aryl methyl sites for hydroxylation is 2. The van der Waals surface area contributed by atoms with E-state index in [1.54, 1.807) is 32.3 Å². The first-order valence-electron chi connectivity index (χ1n) is 19.0. The highest BCUT2D eigenvalue weighted by atomic mass is 35.5. The molecule has 6 aromatic heterocycles. The molecule has 0 aliphatic heterocycles. The van der Waals surface area contributed by atoms with E-state index >= 15 is 0 Å². The van der Waals surface area contributed by atoms with Crippen molar-refractivity contribution in [1.29, 1.82) is 0 Å². The van der Waals surface area contributed by atoms with Crippen molar-refractivity contribution in [2.24, 2.45) is 14.1 Å². The summed E-state index contributed by atoms with van der Waals surface area (Å²) >= 11 is 11.6. The Balaban J connectivity index is 0.000000309. The normalized spacial score (nSPS) is 11.9. The summed E-state index contributed by atoms with van der Waals surface area (Å²) in [5.74, 6) is -1.67. The highest BCUT2D eigenvalue weighted by molar-refractivity contribution is 7.92. The van der Waals surface area contributed by atoms with E-state index in [1.807, 2.05) is 0 Å². The number of hydrogen-bond acceptors (Lipinski definition) is 18. The van der Waals surface area contributed by atoms with Crippen LogP contribution >= 0.6 is 23.2 Å². The summed E-state index contributed by atoms with van der Waals surface area (Å²) < 4.78 is 82.0. The van der Waals surface area contributed by atoms with Gasteiger partial charge < -0.3 is 24.4 Å². The lowest BCUT2D eigenvalue weighted by Gasteiger charge is -2.15. The Kier molecular flexibility index (Phi) is 20.1. The van der Waals surface area contributed by atoms with E-state index in [0.717, 1.165) is 29.5 Å². The summed E-state index contributed by atoms with van der Waals surface area (Å²) in [6.07, 6.45) is 2.24. The molecule has 0 aromatic carbocycles. The second kappa shape index (κ2) is 24.5. The number of halogens is 3. The number of amides is 1. The Labute approximate surface area is 400 Å². The van der Waals surface area contributed by atoms with Crippen molar-refractivity contribution >= 4 is 72.5 Å². The number of pyridine rings is 4. The van der Waals surface area contributed by atoms with Crippen LogP contribution in [0.4, 0.5) is 26.4 Å². The lowest BCUT2D eigenvalue weighted by Crippen LogP contribution is -2.19. The highest BCUT2D eigenvalue weighted by Crippen LogP contribution is 2.29. The van der Waals surface area contributed by atoms with Gasteiger partial charge >= 0.3 is 12.1 Å². The van der Waals surface area contributed by atoms with E-state index < -0.39 is 50.1 Å². The fourth-order valence-corrected chi connectivity index (χ4v) is 7.27. The van der Waals surface area contributed by atoms with Crippen molar-refractivity contribution in [1.82, 2.24) is 49.9 Å². The maximum absolute atomic E-state index is 13.5. The van der Waals surface area contributed by atoms with E-state index in [-0.39, 0.29) is 71.3 Å². The van der Waals surface area contributed by atoms with E-state index in [2.05, 4.69) is 55.3 Å². The maximum atomic E-state index is 13.5. The minimum atomic E-state index is -3.54. The first-order valence-corrected chi connectivity index (χ1v) is 23.5. The number of carboxylic acid groups (broad SMARTS) is 1. The lowest BCUT2D eigenvalue weighted by molar-refractivity contribution is 0.0685. The average Bonchev–Trinajstić information content (AvgIpc) is 3.81. The molecule has 0 saturated carbocycles. The second-order valence-electron chi connectivity index (χ2n) is 13.9. The van der Waals surface area contributed by atoms with Gasteiger partial charge in [-0.1, -0.05) is 47.1 Å². The Hall–Kier alpha value is -6.49. The van der Waals surface area contributed by atoms with Crippen LogP contribution in [0.25, 0.3) is 22.8 Å². The van der Waals surface area contributed by atoms with Gasteiger partial charge in [0.15, 0.2) is 17.2 Å². The van der Waals surface area contributed by atoms with Gasteiger partial charge in [0, 0.05) is 45.6 Å². The quantitative estimate of drug-likeness (QED) is 0.0803. The third-order valence-corrected chi connectivity index (χ3v) is 10.3. The van der Waals surface area contributed by atoms with Crippen LogP contribution < -0.4 is 14.8 Å². The number of anilines is 3. The van der Waals surface area contributed by atoms with Crippen LogP contribution in [0.2, 0.25) is 10.3 Å². The summed E-state index contributed by atoms with van der Waals surface area (Å²) in [5, 5.41) is 36.6. The number of carboxylic acids is 1. The topological polar surface area (TPSA) is 320 Å². The molecule has 0 bridgehead atoms. The van der Waals surface area contributed by atoms with Crippen molar-refractivity contribution in [2.75, 3.05) is 41.5 Å². The van der Waals surface area contributed by atoms with Gasteiger partial charge in [0.2, 0.25) is 20.0 Å². The van der Waals surface area contributed by atoms with Crippen LogP contribution in [-0.4, -0.2) is 116 Å². The number of carbonyl (C=O) groups excluding carboxylic acids is 1. The predicted molar refractivity (Wildman–Crippen MR) is 248 cm³/mol. The lowest BCUT2D eigenvalue weighted by atomic mass is 10.2. The summed E-state index contributed by atoms with van der Waals surface area (Å²) in [6.45, 7) is 3.21. The van der Waals surface area contributed by atoms with Crippen LogP contribution in [0.1, 0.15) is 66.5 Å². The largest absolute Gasteiger partial charge is 0.476 e. The summed E-state index contributed by atoms with van der Waals surface area (Å²) in [4.78, 5) is 40.0. The van der Waals surface area contributed by atoms with Crippen molar-refractivity contribution in [2.45, 2.75) is 46.7 Å². The molecule has 6 aromatic rings. The van der Waals surface area contributed by atoms with Gasteiger partial charge in [0.1, 0.15) is 27.9 Å². The second-order valence-corrected chi connectivity index (χ2v) is 18.1. The molecule has 0 radical (unpaired) electrons. The van der Waals surface area contributed by atoms with E-state index in [4.69, 9.17) is 42.5 Å². The maximum Gasteiger partial charge on any atom is 0.413 e.